The molecule has 0 aliphatic heterocycles. The molecule has 0 heterocycles. The first-order chi connectivity index (χ1) is 7.33. The Bertz CT molecular complexity index is 487. The van der Waals surface area contributed by atoms with Crippen LogP contribution in [0.15, 0.2) is 32.9 Å². The summed E-state index contributed by atoms with van der Waals surface area (Å²) in [4.78, 5) is 0.276. The topological polar surface area (TPSA) is 46.5 Å². The van der Waals surface area contributed by atoms with Crippen LogP contribution in [-0.4, -0.2) is 19.9 Å². The Kier molecular flexibility index (Phi) is 4.27. The summed E-state index contributed by atoms with van der Waals surface area (Å²) < 4.78 is 27.7. The minimum absolute atomic E-state index is 0.250. The molecule has 0 bridgehead atoms. The van der Waals surface area contributed by atoms with E-state index in [1.54, 1.807) is 24.3 Å². The molecule has 0 unspecified atom stereocenters. The van der Waals surface area contributed by atoms with Gasteiger partial charge in [0.2, 0.25) is 0 Å². The van der Waals surface area contributed by atoms with Crippen molar-refractivity contribution in [2.75, 3.05) is 6.26 Å². The van der Waals surface area contributed by atoms with Crippen LogP contribution in [0.1, 0.15) is 19.4 Å². The molecule has 0 aliphatic carbocycles. The zero-order valence-corrected chi connectivity index (χ0v) is 11.6. The van der Waals surface area contributed by atoms with E-state index in [9.17, 15) is 8.42 Å². The van der Waals surface area contributed by atoms with E-state index in [-0.39, 0.29) is 10.1 Å². The lowest BCUT2D eigenvalue weighted by Gasteiger charge is -2.06. The van der Waals surface area contributed by atoms with Crippen LogP contribution in [0, 0.1) is 6.92 Å². The van der Waals surface area contributed by atoms with Gasteiger partial charge in [-0.05, 0) is 25.3 Å². The molecule has 3 nitrogen and oxygen atoms in total. The third-order valence-electron chi connectivity index (χ3n) is 2.22. The van der Waals surface area contributed by atoms with Crippen molar-refractivity contribution in [3.05, 3.63) is 29.8 Å². The fourth-order valence-electron chi connectivity index (χ4n) is 0.994. The Hall–Kier alpha value is -0.680. The smallest absolute Gasteiger partial charge is 0.199 e. The maximum absolute atomic E-state index is 11.9. The largest absolute Gasteiger partial charge is 0.287 e. The molecule has 0 spiro atoms. The van der Waals surface area contributed by atoms with Crippen molar-refractivity contribution in [1.82, 2.24) is 0 Å². The second-order valence-corrected chi connectivity index (χ2v) is 7.94. The molecule has 1 aromatic rings. The van der Waals surface area contributed by atoms with Gasteiger partial charge >= 0.3 is 0 Å². The quantitative estimate of drug-likeness (QED) is 0.837. The van der Waals surface area contributed by atoms with E-state index in [2.05, 4.69) is 3.77 Å². The minimum Gasteiger partial charge on any atom is -0.199 e. The first-order valence-electron chi connectivity index (χ1n) is 5.02. The van der Waals surface area contributed by atoms with Crippen molar-refractivity contribution in [1.29, 1.82) is 0 Å². The molecule has 0 saturated heterocycles. The summed E-state index contributed by atoms with van der Waals surface area (Å²) in [5, 5.41) is 0.250. The summed E-state index contributed by atoms with van der Waals surface area (Å²) in [5.41, 5.74) is 1.04. The second kappa shape index (κ2) is 5.10. The maximum Gasteiger partial charge on any atom is 0.287 e. The SMILES string of the molecule is Cc1ccc(S(=O)(=O)N=[S@@](C)C(C)C)cc1. The molecule has 0 saturated carbocycles. The Labute approximate surface area is 100 Å². The molecular formula is C11H17NO2S2. The lowest BCUT2D eigenvalue weighted by Crippen LogP contribution is -2.07. The molecule has 0 aromatic heterocycles. The van der Waals surface area contributed by atoms with Gasteiger partial charge in [0.25, 0.3) is 10.0 Å². The van der Waals surface area contributed by atoms with Gasteiger partial charge < -0.3 is 0 Å². The van der Waals surface area contributed by atoms with Crippen LogP contribution < -0.4 is 0 Å². The van der Waals surface area contributed by atoms with E-state index in [0.29, 0.717) is 0 Å². The number of hydrogen-bond acceptors (Lipinski definition) is 2. The van der Waals surface area contributed by atoms with Crippen molar-refractivity contribution < 1.29 is 8.42 Å². The summed E-state index contributed by atoms with van der Waals surface area (Å²) in [6.07, 6.45) is 1.84. The number of aryl methyl sites for hydroxylation is 1. The van der Waals surface area contributed by atoms with Gasteiger partial charge in [0.05, 0.1) is 4.90 Å². The molecule has 0 amide bonds. The van der Waals surface area contributed by atoms with Gasteiger partial charge in [0.1, 0.15) is 0 Å². The third-order valence-corrected chi connectivity index (χ3v) is 6.17. The van der Waals surface area contributed by atoms with Crippen LogP contribution in [0.3, 0.4) is 0 Å². The average molecular weight is 259 g/mol. The normalized spacial score (nSPS) is 14.3. The first-order valence-corrected chi connectivity index (χ1v) is 8.12. The van der Waals surface area contributed by atoms with Crippen molar-refractivity contribution >= 4 is 20.7 Å². The minimum atomic E-state index is -3.48. The maximum atomic E-state index is 11.9. The van der Waals surface area contributed by atoms with E-state index in [4.69, 9.17) is 0 Å². The van der Waals surface area contributed by atoms with Crippen LogP contribution in [0.5, 0.6) is 0 Å². The Morgan fingerprint density at radius 1 is 1.19 bits per heavy atom. The van der Waals surface area contributed by atoms with Gasteiger partial charge in [0, 0.05) is 5.25 Å². The molecule has 16 heavy (non-hydrogen) atoms. The highest BCUT2D eigenvalue weighted by molar-refractivity contribution is 8.00. The lowest BCUT2D eigenvalue weighted by atomic mass is 10.2. The summed E-state index contributed by atoms with van der Waals surface area (Å²) in [7, 11) is -3.94. The molecule has 0 radical (unpaired) electrons. The van der Waals surface area contributed by atoms with Crippen LogP contribution in [-0.2, 0) is 20.7 Å². The van der Waals surface area contributed by atoms with Gasteiger partial charge in [0.15, 0.2) is 0 Å². The molecule has 1 rings (SSSR count). The van der Waals surface area contributed by atoms with Crippen LogP contribution in [0.2, 0.25) is 0 Å². The highest BCUT2D eigenvalue weighted by Crippen LogP contribution is 2.14. The number of hydrogen-bond donors (Lipinski definition) is 0. The predicted molar refractivity (Wildman–Crippen MR) is 69.2 cm³/mol. The molecule has 0 aliphatic rings. The van der Waals surface area contributed by atoms with Gasteiger partial charge in [-0.3, -0.25) is 0 Å². The van der Waals surface area contributed by atoms with E-state index in [1.807, 2.05) is 27.0 Å². The molecule has 0 fully saturated rings. The highest BCUT2D eigenvalue weighted by atomic mass is 32.3. The predicted octanol–water partition coefficient (Wildman–Crippen LogP) is 2.52. The standard InChI is InChI=1S/C11H17NO2S2/c1-9(2)15(4)12-16(13,14)11-7-5-10(3)6-8-11/h5-9H,1-4H3/t15-/m0/s1. The van der Waals surface area contributed by atoms with E-state index < -0.39 is 20.7 Å². The zero-order valence-electron chi connectivity index (χ0n) is 9.97. The lowest BCUT2D eigenvalue weighted by molar-refractivity contribution is 0.598. The fraction of sp³-hybridized carbons (Fsp3) is 0.455. The summed E-state index contributed by atoms with van der Waals surface area (Å²) in [5.74, 6) is 0. The van der Waals surface area contributed by atoms with Gasteiger partial charge in [-0.2, -0.15) is 8.42 Å². The number of benzene rings is 1. The highest BCUT2D eigenvalue weighted by Gasteiger charge is 2.13. The molecule has 1 aromatic carbocycles. The van der Waals surface area contributed by atoms with E-state index in [0.717, 1.165) is 5.56 Å². The van der Waals surface area contributed by atoms with Crippen LogP contribution in [0.25, 0.3) is 0 Å². The molecule has 0 N–H and O–H groups in total. The molecule has 90 valence electrons. The van der Waals surface area contributed by atoms with Crippen molar-refractivity contribution in [2.24, 2.45) is 3.77 Å². The molecular weight excluding hydrogens is 242 g/mol. The Morgan fingerprint density at radius 2 is 1.69 bits per heavy atom. The van der Waals surface area contributed by atoms with Gasteiger partial charge in [-0.1, -0.05) is 42.2 Å². The Balaban J connectivity index is 3.13. The van der Waals surface area contributed by atoms with Crippen molar-refractivity contribution in [3.8, 4) is 0 Å². The number of sulfonamides is 1. The molecule has 1 atom stereocenters. The second-order valence-electron chi connectivity index (χ2n) is 3.94. The number of rotatable bonds is 3. The van der Waals surface area contributed by atoms with E-state index in [1.165, 1.54) is 0 Å². The average Bonchev–Trinajstić information content (AvgIpc) is 2.17. The summed E-state index contributed by atoms with van der Waals surface area (Å²) >= 11 is 0. The van der Waals surface area contributed by atoms with Crippen LogP contribution in [0.4, 0.5) is 0 Å². The van der Waals surface area contributed by atoms with E-state index >= 15 is 0 Å². The summed E-state index contributed by atoms with van der Waals surface area (Å²) in [6.45, 7) is 5.86. The number of nitrogens with zero attached hydrogens (tertiary/aromatic N) is 1. The summed E-state index contributed by atoms with van der Waals surface area (Å²) in [6, 6.07) is 6.77. The van der Waals surface area contributed by atoms with Crippen molar-refractivity contribution in [3.63, 3.8) is 0 Å². The Morgan fingerprint density at radius 3 is 2.12 bits per heavy atom. The monoisotopic (exact) mass is 259 g/mol. The third kappa shape index (κ3) is 3.42. The molecule has 5 heteroatoms. The fourth-order valence-corrected chi connectivity index (χ4v) is 3.75. The van der Waals surface area contributed by atoms with Crippen LogP contribution >= 0.6 is 0 Å². The van der Waals surface area contributed by atoms with Gasteiger partial charge in [-0.15, -0.1) is 3.77 Å². The zero-order chi connectivity index (χ0) is 12.3. The first kappa shape index (κ1) is 13.4. The van der Waals surface area contributed by atoms with Crippen molar-refractivity contribution in [2.45, 2.75) is 30.9 Å². The van der Waals surface area contributed by atoms with Gasteiger partial charge in [-0.25, -0.2) is 0 Å².